The Kier molecular flexibility index (Phi) is 5.16. The first-order valence-electron chi connectivity index (χ1n) is 9.95. The van der Waals surface area contributed by atoms with Crippen molar-refractivity contribution < 1.29 is 19.1 Å². The summed E-state index contributed by atoms with van der Waals surface area (Å²) in [6, 6.07) is 6.82. The van der Waals surface area contributed by atoms with E-state index in [-0.39, 0.29) is 23.6 Å². The Hall–Kier alpha value is -2.32. The van der Waals surface area contributed by atoms with Crippen molar-refractivity contribution >= 4 is 17.6 Å². The van der Waals surface area contributed by atoms with Crippen LogP contribution in [-0.4, -0.2) is 84.8 Å². The number of hydrogen-bond donors (Lipinski definition) is 1. The van der Waals surface area contributed by atoms with Gasteiger partial charge in [0.2, 0.25) is 5.91 Å². The van der Waals surface area contributed by atoms with Gasteiger partial charge in [0, 0.05) is 50.8 Å². The average molecular weight is 388 g/mol. The number of ether oxygens (including phenoxy) is 2. The number of piperazine rings is 1. The van der Waals surface area contributed by atoms with Gasteiger partial charge in [-0.25, -0.2) is 4.79 Å². The Morgan fingerprint density at radius 3 is 2.82 bits per heavy atom. The maximum atomic E-state index is 13.1. The van der Waals surface area contributed by atoms with Crippen molar-refractivity contribution in [3.8, 4) is 5.75 Å². The molecule has 28 heavy (non-hydrogen) atoms. The topological polar surface area (TPSA) is 74.4 Å². The maximum absolute atomic E-state index is 13.1. The molecule has 1 aromatic rings. The number of amides is 3. The number of nitrogens with one attached hydrogen (secondary N) is 1. The van der Waals surface area contributed by atoms with Crippen molar-refractivity contribution in [2.45, 2.75) is 31.5 Å². The van der Waals surface area contributed by atoms with Gasteiger partial charge in [-0.05, 0) is 19.1 Å². The summed E-state index contributed by atoms with van der Waals surface area (Å²) in [6.07, 6.45) is 1.66. The summed E-state index contributed by atoms with van der Waals surface area (Å²) in [7, 11) is 1.59. The second-order valence-corrected chi connectivity index (χ2v) is 7.49. The summed E-state index contributed by atoms with van der Waals surface area (Å²) in [5.41, 5.74) is 0.435. The fourth-order valence-corrected chi connectivity index (χ4v) is 4.83. The normalized spacial score (nSPS) is 24.4. The Morgan fingerprint density at radius 2 is 2.11 bits per heavy atom. The molecule has 8 heteroatoms. The molecule has 0 aromatic heterocycles. The molecule has 0 saturated carbocycles. The second kappa shape index (κ2) is 7.60. The molecule has 3 amide bonds. The molecule has 152 valence electrons. The lowest BCUT2D eigenvalue weighted by Crippen LogP contribution is -2.62. The number of anilines is 1. The highest BCUT2D eigenvalue weighted by Gasteiger charge is 2.57. The fourth-order valence-electron chi connectivity index (χ4n) is 4.83. The Balaban J connectivity index is 1.48. The lowest BCUT2D eigenvalue weighted by atomic mass is 9.96. The monoisotopic (exact) mass is 388 g/mol. The van der Waals surface area contributed by atoms with Crippen molar-refractivity contribution in [1.29, 1.82) is 0 Å². The van der Waals surface area contributed by atoms with Crippen LogP contribution in [0.5, 0.6) is 5.75 Å². The molecule has 0 radical (unpaired) electrons. The third-order valence-electron chi connectivity index (χ3n) is 6.19. The van der Waals surface area contributed by atoms with E-state index in [0.29, 0.717) is 50.8 Å². The summed E-state index contributed by atoms with van der Waals surface area (Å²) < 4.78 is 10.8. The number of methoxy groups -OCH3 is 1. The highest BCUT2D eigenvalue weighted by molar-refractivity contribution is 5.91. The Morgan fingerprint density at radius 1 is 1.32 bits per heavy atom. The zero-order chi connectivity index (χ0) is 19.7. The molecule has 0 bridgehead atoms. The van der Waals surface area contributed by atoms with E-state index in [1.807, 2.05) is 30.0 Å². The van der Waals surface area contributed by atoms with Gasteiger partial charge < -0.3 is 24.6 Å². The van der Waals surface area contributed by atoms with E-state index in [0.717, 1.165) is 12.8 Å². The van der Waals surface area contributed by atoms with Crippen molar-refractivity contribution in [3.05, 3.63) is 24.3 Å². The van der Waals surface area contributed by atoms with E-state index in [2.05, 4.69) is 10.2 Å². The van der Waals surface area contributed by atoms with Gasteiger partial charge in [-0.2, -0.15) is 0 Å². The molecular formula is C20H28N4O4. The van der Waals surface area contributed by atoms with Gasteiger partial charge in [0.15, 0.2) is 0 Å². The van der Waals surface area contributed by atoms with E-state index < -0.39 is 0 Å². The van der Waals surface area contributed by atoms with Crippen LogP contribution in [0.2, 0.25) is 0 Å². The molecule has 0 unspecified atom stereocenters. The van der Waals surface area contributed by atoms with E-state index >= 15 is 0 Å². The standard InChI is InChI=1S/C20H28N4O4/c1-3-23-18(25)17-14-22(9-10-24(17)20(23)7-11-28-12-8-20)19(26)21-15-5-4-6-16(13-15)27-2/h4-6,13,17H,3,7-12,14H2,1-2H3,(H,21,26)/t17-/m1/s1. The molecular weight excluding hydrogens is 360 g/mol. The number of rotatable bonds is 3. The van der Waals surface area contributed by atoms with Crippen molar-refractivity contribution in [3.63, 3.8) is 0 Å². The molecule has 3 aliphatic heterocycles. The SMILES string of the molecule is CCN1C(=O)[C@H]2CN(C(=O)Nc3cccc(OC)c3)CCN2C12CCOCC2. The minimum atomic E-state index is -0.275. The zero-order valence-corrected chi connectivity index (χ0v) is 16.5. The predicted molar refractivity (Wildman–Crippen MR) is 104 cm³/mol. The molecule has 3 saturated heterocycles. The summed E-state index contributed by atoms with van der Waals surface area (Å²) in [5, 5.41) is 2.92. The molecule has 8 nitrogen and oxygen atoms in total. The molecule has 4 rings (SSSR count). The molecule has 1 spiro atoms. The van der Waals surface area contributed by atoms with Crippen LogP contribution < -0.4 is 10.1 Å². The van der Waals surface area contributed by atoms with Gasteiger partial charge in [-0.3, -0.25) is 9.69 Å². The van der Waals surface area contributed by atoms with Gasteiger partial charge in [0.25, 0.3) is 0 Å². The maximum Gasteiger partial charge on any atom is 0.321 e. The van der Waals surface area contributed by atoms with Gasteiger partial charge in [0.05, 0.1) is 20.3 Å². The summed E-state index contributed by atoms with van der Waals surface area (Å²) in [6.45, 7) is 5.76. The Bertz CT molecular complexity index is 749. The summed E-state index contributed by atoms with van der Waals surface area (Å²) >= 11 is 0. The molecule has 1 atom stereocenters. The lowest BCUT2D eigenvalue weighted by Gasteiger charge is -2.48. The number of carbonyl (C=O) groups is 2. The van der Waals surface area contributed by atoms with Crippen molar-refractivity contribution in [1.82, 2.24) is 14.7 Å². The molecule has 1 N–H and O–H groups in total. The second-order valence-electron chi connectivity index (χ2n) is 7.49. The van der Waals surface area contributed by atoms with E-state index in [9.17, 15) is 9.59 Å². The van der Waals surface area contributed by atoms with Crippen LogP contribution in [0.4, 0.5) is 10.5 Å². The predicted octanol–water partition coefficient (Wildman–Crippen LogP) is 1.58. The smallest absolute Gasteiger partial charge is 0.321 e. The van der Waals surface area contributed by atoms with E-state index in [1.54, 1.807) is 18.1 Å². The first-order chi connectivity index (χ1) is 13.6. The number of urea groups is 1. The molecule has 3 heterocycles. The van der Waals surface area contributed by atoms with Crippen molar-refractivity contribution in [2.75, 3.05) is 51.8 Å². The number of carbonyl (C=O) groups excluding carboxylic acids is 2. The third-order valence-corrected chi connectivity index (χ3v) is 6.19. The third kappa shape index (κ3) is 3.10. The van der Waals surface area contributed by atoms with Gasteiger partial charge in [-0.1, -0.05) is 6.07 Å². The van der Waals surface area contributed by atoms with Crippen LogP contribution in [0.15, 0.2) is 24.3 Å². The quantitative estimate of drug-likeness (QED) is 0.851. The van der Waals surface area contributed by atoms with Gasteiger partial charge >= 0.3 is 6.03 Å². The molecule has 3 aliphatic rings. The van der Waals surface area contributed by atoms with Crippen molar-refractivity contribution in [2.24, 2.45) is 0 Å². The van der Waals surface area contributed by atoms with Gasteiger partial charge in [0.1, 0.15) is 17.5 Å². The van der Waals surface area contributed by atoms with Crippen LogP contribution in [0.25, 0.3) is 0 Å². The number of fused-ring (bicyclic) bond motifs is 2. The van der Waals surface area contributed by atoms with E-state index in [1.165, 1.54) is 0 Å². The molecule has 3 fully saturated rings. The van der Waals surface area contributed by atoms with Crippen LogP contribution in [0.1, 0.15) is 19.8 Å². The first-order valence-corrected chi connectivity index (χ1v) is 9.95. The zero-order valence-electron chi connectivity index (χ0n) is 16.5. The minimum Gasteiger partial charge on any atom is -0.497 e. The lowest BCUT2D eigenvalue weighted by molar-refractivity contribution is -0.135. The highest BCUT2D eigenvalue weighted by Crippen LogP contribution is 2.41. The summed E-state index contributed by atoms with van der Waals surface area (Å²) in [5.74, 6) is 0.817. The molecule has 0 aliphatic carbocycles. The average Bonchev–Trinajstić information content (AvgIpc) is 2.95. The van der Waals surface area contributed by atoms with Crippen LogP contribution >= 0.6 is 0 Å². The first kappa shape index (κ1) is 19.0. The van der Waals surface area contributed by atoms with Crippen LogP contribution in [-0.2, 0) is 9.53 Å². The number of likely N-dealkylation sites (N-methyl/N-ethyl adjacent to an activating group) is 1. The largest absolute Gasteiger partial charge is 0.497 e. The number of benzene rings is 1. The summed E-state index contributed by atoms with van der Waals surface area (Å²) in [4.78, 5) is 32.0. The van der Waals surface area contributed by atoms with Crippen LogP contribution in [0.3, 0.4) is 0 Å². The minimum absolute atomic E-state index is 0.128. The highest BCUT2D eigenvalue weighted by atomic mass is 16.5. The number of nitrogens with zero attached hydrogens (tertiary/aromatic N) is 3. The number of hydrogen-bond acceptors (Lipinski definition) is 5. The van der Waals surface area contributed by atoms with Gasteiger partial charge in [-0.15, -0.1) is 0 Å². The fraction of sp³-hybridized carbons (Fsp3) is 0.600. The van der Waals surface area contributed by atoms with Crippen LogP contribution in [0, 0.1) is 0 Å². The van der Waals surface area contributed by atoms with E-state index in [4.69, 9.17) is 9.47 Å². The Labute approximate surface area is 165 Å². The molecule has 1 aromatic carbocycles.